The summed E-state index contributed by atoms with van der Waals surface area (Å²) in [5.41, 5.74) is 9.87. The summed E-state index contributed by atoms with van der Waals surface area (Å²) in [5, 5.41) is 0. The molecule has 20 heavy (non-hydrogen) atoms. The van der Waals surface area contributed by atoms with Crippen LogP contribution in [-0.2, 0) is 0 Å². The molecule has 0 radical (unpaired) electrons. The Morgan fingerprint density at radius 1 is 0.900 bits per heavy atom. The average Bonchev–Trinajstić information content (AvgIpc) is 2.46. The molecule has 0 saturated heterocycles. The summed E-state index contributed by atoms with van der Waals surface area (Å²) in [4.78, 5) is 0. The Hall–Kier alpha value is -2.16. The molecule has 0 heterocycles. The minimum Gasteiger partial charge on any atom is -0.496 e. The Bertz CT molecular complexity index is 606. The van der Waals surface area contributed by atoms with E-state index in [1.54, 1.807) is 14.2 Å². The lowest BCUT2D eigenvalue weighted by Gasteiger charge is -2.20. The predicted octanol–water partition coefficient (Wildman–Crippen LogP) is 4.08. The van der Waals surface area contributed by atoms with Gasteiger partial charge in [0.05, 0.1) is 14.2 Å². The largest absolute Gasteiger partial charge is 0.496 e. The molecule has 0 atom stereocenters. The Morgan fingerprint density at radius 3 is 2.15 bits per heavy atom. The number of benzene rings is 2. The second kappa shape index (κ2) is 5.87. The first-order chi connectivity index (χ1) is 9.60. The summed E-state index contributed by atoms with van der Waals surface area (Å²) in [6.45, 7) is 4.25. The quantitative estimate of drug-likeness (QED) is 0.852. The molecule has 0 saturated carbocycles. The maximum Gasteiger partial charge on any atom is 0.133 e. The number of methoxy groups -OCH3 is 2. The van der Waals surface area contributed by atoms with E-state index in [9.17, 15) is 0 Å². The molecular formula is C17H21NO2. The molecule has 2 rings (SSSR count). The second-order valence-electron chi connectivity index (χ2n) is 5.00. The van der Waals surface area contributed by atoms with E-state index >= 15 is 0 Å². The third-order valence-corrected chi connectivity index (χ3v) is 3.41. The first-order valence-corrected chi connectivity index (χ1v) is 6.69. The van der Waals surface area contributed by atoms with Gasteiger partial charge in [-0.2, -0.15) is 0 Å². The summed E-state index contributed by atoms with van der Waals surface area (Å²) >= 11 is 0. The molecule has 0 aliphatic heterocycles. The SMILES string of the molecule is COc1ccc(-c2ccccc2N)c(OC)c1C(C)C. The highest BCUT2D eigenvalue weighted by atomic mass is 16.5. The van der Waals surface area contributed by atoms with Gasteiger partial charge in [0.15, 0.2) is 0 Å². The fraction of sp³-hybridized carbons (Fsp3) is 0.294. The van der Waals surface area contributed by atoms with E-state index in [-0.39, 0.29) is 0 Å². The van der Waals surface area contributed by atoms with Crippen LogP contribution >= 0.6 is 0 Å². The monoisotopic (exact) mass is 271 g/mol. The summed E-state index contributed by atoms with van der Waals surface area (Å²) in [7, 11) is 3.36. The van der Waals surface area contributed by atoms with Gasteiger partial charge in [-0.05, 0) is 24.1 Å². The normalized spacial score (nSPS) is 10.7. The van der Waals surface area contributed by atoms with E-state index in [1.807, 2.05) is 36.4 Å². The van der Waals surface area contributed by atoms with Gasteiger partial charge in [0.1, 0.15) is 11.5 Å². The number of ether oxygens (including phenoxy) is 2. The van der Waals surface area contributed by atoms with Crippen molar-refractivity contribution in [2.75, 3.05) is 20.0 Å². The average molecular weight is 271 g/mol. The fourth-order valence-corrected chi connectivity index (χ4v) is 2.48. The molecule has 106 valence electrons. The molecule has 3 nitrogen and oxygen atoms in total. The number of nitrogen functional groups attached to an aromatic ring is 1. The van der Waals surface area contributed by atoms with Crippen molar-refractivity contribution < 1.29 is 9.47 Å². The number of nitrogens with two attached hydrogens (primary N) is 1. The lowest BCUT2D eigenvalue weighted by atomic mass is 9.94. The molecule has 0 aliphatic carbocycles. The zero-order chi connectivity index (χ0) is 14.7. The van der Waals surface area contributed by atoms with Gasteiger partial charge in [-0.15, -0.1) is 0 Å². The van der Waals surface area contributed by atoms with Crippen molar-refractivity contribution in [1.82, 2.24) is 0 Å². The van der Waals surface area contributed by atoms with E-state index in [2.05, 4.69) is 13.8 Å². The van der Waals surface area contributed by atoms with Crippen molar-refractivity contribution in [3.63, 3.8) is 0 Å². The molecular weight excluding hydrogens is 250 g/mol. The van der Waals surface area contributed by atoms with Crippen LogP contribution in [0.3, 0.4) is 0 Å². The van der Waals surface area contributed by atoms with Crippen LogP contribution in [0.4, 0.5) is 5.69 Å². The first-order valence-electron chi connectivity index (χ1n) is 6.69. The van der Waals surface area contributed by atoms with E-state index in [1.165, 1.54) is 0 Å². The molecule has 0 fully saturated rings. The van der Waals surface area contributed by atoms with Gasteiger partial charge < -0.3 is 15.2 Å². The maximum absolute atomic E-state index is 6.09. The van der Waals surface area contributed by atoms with Crippen molar-refractivity contribution in [2.45, 2.75) is 19.8 Å². The number of hydrogen-bond donors (Lipinski definition) is 1. The lowest BCUT2D eigenvalue weighted by molar-refractivity contribution is 0.383. The van der Waals surface area contributed by atoms with Crippen molar-refractivity contribution in [3.8, 4) is 22.6 Å². The topological polar surface area (TPSA) is 44.5 Å². The second-order valence-corrected chi connectivity index (χ2v) is 5.00. The van der Waals surface area contributed by atoms with Gasteiger partial charge in [-0.25, -0.2) is 0 Å². The fourth-order valence-electron chi connectivity index (χ4n) is 2.48. The molecule has 0 spiro atoms. The van der Waals surface area contributed by atoms with Gasteiger partial charge in [0.25, 0.3) is 0 Å². The Labute approximate surface area is 120 Å². The standard InChI is InChI=1S/C17H21NO2/c1-11(2)16-15(19-3)10-9-13(17(16)20-4)12-7-5-6-8-14(12)18/h5-11H,18H2,1-4H3. The smallest absolute Gasteiger partial charge is 0.133 e. The maximum atomic E-state index is 6.09. The molecule has 0 aliphatic rings. The van der Waals surface area contributed by atoms with Crippen molar-refractivity contribution >= 4 is 5.69 Å². The third-order valence-electron chi connectivity index (χ3n) is 3.41. The minimum atomic E-state index is 0.296. The van der Waals surface area contributed by atoms with Crippen LogP contribution < -0.4 is 15.2 Å². The zero-order valence-corrected chi connectivity index (χ0v) is 12.4. The van der Waals surface area contributed by atoms with Gasteiger partial charge in [-0.3, -0.25) is 0 Å². The molecule has 2 aromatic rings. The van der Waals surface area contributed by atoms with Crippen LogP contribution in [0.25, 0.3) is 11.1 Å². The molecule has 0 aromatic heterocycles. The van der Waals surface area contributed by atoms with E-state index in [0.29, 0.717) is 5.92 Å². The van der Waals surface area contributed by atoms with Gasteiger partial charge in [-0.1, -0.05) is 32.0 Å². The first kappa shape index (κ1) is 14.3. The lowest BCUT2D eigenvalue weighted by Crippen LogP contribution is -2.01. The predicted molar refractivity (Wildman–Crippen MR) is 83.5 cm³/mol. The number of anilines is 1. The van der Waals surface area contributed by atoms with Crippen LogP contribution in [0.1, 0.15) is 25.3 Å². The van der Waals surface area contributed by atoms with Crippen LogP contribution in [0.15, 0.2) is 36.4 Å². The van der Waals surface area contributed by atoms with Crippen LogP contribution in [0.5, 0.6) is 11.5 Å². The number of hydrogen-bond acceptors (Lipinski definition) is 3. The number of para-hydroxylation sites is 1. The molecule has 0 bridgehead atoms. The van der Waals surface area contributed by atoms with Crippen molar-refractivity contribution in [1.29, 1.82) is 0 Å². The van der Waals surface area contributed by atoms with E-state index in [4.69, 9.17) is 15.2 Å². The highest BCUT2D eigenvalue weighted by molar-refractivity contribution is 5.82. The van der Waals surface area contributed by atoms with Gasteiger partial charge in [0, 0.05) is 22.4 Å². The summed E-state index contributed by atoms with van der Waals surface area (Å²) in [6, 6.07) is 11.8. The van der Waals surface area contributed by atoms with Gasteiger partial charge in [0.2, 0.25) is 0 Å². The summed E-state index contributed by atoms with van der Waals surface area (Å²) < 4.78 is 11.1. The van der Waals surface area contributed by atoms with Crippen molar-refractivity contribution in [3.05, 3.63) is 42.0 Å². The van der Waals surface area contributed by atoms with Gasteiger partial charge >= 0.3 is 0 Å². The minimum absolute atomic E-state index is 0.296. The third kappa shape index (κ3) is 2.44. The van der Waals surface area contributed by atoms with Crippen molar-refractivity contribution in [2.24, 2.45) is 0 Å². The molecule has 0 unspecified atom stereocenters. The van der Waals surface area contributed by atoms with Crippen LogP contribution in [0.2, 0.25) is 0 Å². The molecule has 2 N–H and O–H groups in total. The summed E-state index contributed by atoms with van der Waals surface area (Å²) in [6.07, 6.45) is 0. The summed E-state index contributed by atoms with van der Waals surface area (Å²) in [5.74, 6) is 1.97. The molecule has 3 heteroatoms. The van der Waals surface area contributed by atoms with Crippen LogP contribution in [0, 0.1) is 0 Å². The van der Waals surface area contributed by atoms with E-state index < -0.39 is 0 Å². The Kier molecular flexibility index (Phi) is 4.18. The highest BCUT2D eigenvalue weighted by Crippen LogP contribution is 2.43. The van der Waals surface area contributed by atoms with Crippen LogP contribution in [-0.4, -0.2) is 14.2 Å². The molecule has 0 amide bonds. The van der Waals surface area contributed by atoms with E-state index in [0.717, 1.165) is 33.9 Å². The Balaban J connectivity index is 2.72. The molecule has 2 aromatic carbocycles. The zero-order valence-electron chi connectivity index (χ0n) is 12.4. The highest BCUT2D eigenvalue weighted by Gasteiger charge is 2.19. The number of rotatable bonds is 4. The Morgan fingerprint density at radius 2 is 1.60 bits per heavy atom.